The van der Waals surface area contributed by atoms with Gasteiger partial charge in [0, 0.05) is 19.8 Å². The number of nitrogens with one attached hydrogen (secondary N) is 1. The van der Waals surface area contributed by atoms with Gasteiger partial charge in [-0.3, -0.25) is 14.9 Å². The Balaban J connectivity index is 1.44. The number of benzene rings is 2. The van der Waals surface area contributed by atoms with E-state index in [2.05, 4.69) is 20.0 Å². The van der Waals surface area contributed by atoms with Crippen LogP contribution in [0.25, 0.3) is 27.0 Å². The lowest BCUT2D eigenvalue weighted by molar-refractivity contribution is 0.0784. The predicted octanol–water partition coefficient (Wildman–Crippen LogP) is 5.13. The molecule has 1 aliphatic carbocycles. The molecule has 0 atom stereocenters. The summed E-state index contributed by atoms with van der Waals surface area (Å²) in [5.74, 6) is -0.0707. The zero-order valence-corrected chi connectivity index (χ0v) is 17.9. The number of aromatic nitrogens is 3. The average molecular weight is 441 g/mol. The minimum atomic E-state index is -0.361. The molecule has 1 amide bonds. The van der Waals surface area contributed by atoms with Crippen LogP contribution >= 0.6 is 0 Å². The summed E-state index contributed by atoms with van der Waals surface area (Å²) in [5, 5.41) is 7.11. The van der Waals surface area contributed by atoms with Crippen LogP contribution in [0.4, 0.5) is 10.1 Å². The highest BCUT2D eigenvalue weighted by Crippen LogP contribution is 2.35. The van der Waals surface area contributed by atoms with E-state index in [9.17, 15) is 9.18 Å². The minimum Gasteiger partial charge on any atom is -0.488 e. The van der Waals surface area contributed by atoms with Crippen molar-refractivity contribution < 1.29 is 13.9 Å². The summed E-state index contributed by atoms with van der Waals surface area (Å²) in [4.78, 5) is 22.7. The fourth-order valence-electron chi connectivity index (χ4n) is 3.69. The Morgan fingerprint density at radius 1 is 1.27 bits per heavy atom. The summed E-state index contributed by atoms with van der Waals surface area (Å²) in [7, 11) is 1.68. The van der Waals surface area contributed by atoms with Crippen molar-refractivity contribution in [2.75, 3.05) is 7.05 Å². The van der Waals surface area contributed by atoms with Crippen LogP contribution in [0.15, 0.2) is 54.9 Å². The molecule has 2 aromatic carbocycles. The van der Waals surface area contributed by atoms with Gasteiger partial charge >= 0.3 is 0 Å². The quantitative estimate of drug-likeness (QED) is 0.421. The molecular weight excluding hydrogens is 421 g/mol. The number of nitrogens with zero attached hydrogens (tertiary/aromatic N) is 4. The normalized spacial score (nSPS) is 13.0. The van der Waals surface area contributed by atoms with Crippen LogP contribution in [0.2, 0.25) is 0 Å². The van der Waals surface area contributed by atoms with Crippen LogP contribution in [-0.4, -0.2) is 39.1 Å². The lowest BCUT2D eigenvalue weighted by Gasteiger charge is -2.19. The first-order chi connectivity index (χ1) is 16.0. The summed E-state index contributed by atoms with van der Waals surface area (Å²) >= 11 is 0. The molecule has 164 valence electrons. The zero-order chi connectivity index (χ0) is 22.9. The number of pyridine rings is 1. The Hall–Kier alpha value is -4.25. The molecule has 0 spiro atoms. The zero-order valence-electron chi connectivity index (χ0n) is 17.9. The second-order valence-corrected chi connectivity index (χ2v) is 8.08. The van der Waals surface area contributed by atoms with E-state index in [-0.39, 0.29) is 24.4 Å². The van der Waals surface area contributed by atoms with E-state index in [1.807, 2.05) is 6.07 Å². The highest BCUT2D eigenvalue weighted by Gasteiger charge is 2.26. The van der Waals surface area contributed by atoms with Crippen LogP contribution in [0.5, 0.6) is 5.75 Å². The SMILES string of the molecule is [C-]#[N+]c1cccc(-c2ncc(C(=O)N(C)Cc3ccc(F)c4cn[nH]c34)cc2OC2CC2)c1. The third-order valence-corrected chi connectivity index (χ3v) is 5.57. The lowest BCUT2D eigenvalue weighted by Crippen LogP contribution is -2.26. The highest BCUT2D eigenvalue weighted by molar-refractivity contribution is 5.95. The molecular formula is C25H20FN5O2. The smallest absolute Gasteiger partial charge is 0.255 e. The van der Waals surface area contributed by atoms with Gasteiger partial charge in [-0.05, 0) is 42.2 Å². The molecule has 0 radical (unpaired) electrons. The van der Waals surface area contributed by atoms with Gasteiger partial charge in [0.1, 0.15) is 17.3 Å². The Morgan fingerprint density at radius 3 is 2.91 bits per heavy atom. The number of amides is 1. The molecule has 7 nitrogen and oxygen atoms in total. The highest BCUT2D eigenvalue weighted by atomic mass is 19.1. The molecule has 2 aromatic heterocycles. The van der Waals surface area contributed by atoms with Gasteiger partial charge in [0.25, 0.3) is 5.91 Å². The molecule has 8 heteroatoms. The molecule has 1 N–H and O–H groups in total. The molecule has 2 heterocycles. The second kappa shape index (κ2) is 8.36. The maximum Gasteiger partial charge on any atom is 0.255 e. The van der Waals surface area contributed by atoms with Gasteiger partial charge in [-0.15, -0.1) is 0 Å². The molecule has 1 fully saturated rings. The number of H-pyrrole nitrogens is 1. The molecule has 5 rings (SSSR count). The van der Waals surface area contributed by atoms with Crippen molar-refractivity contribution in [2.45, 2.75) is 25.5 Å². The largest absolute Gasteiger partial charge is 0.488 e. The van der Waals surface area contributed by atoms with Gasteiger partial charge in [0.2, 0.25) is 0 Å². The fourth-order valence-corrected chi connectivity index (χ4v) is 3.69. The summed E-state index contributed by atoms with van der Waals surface area (Å²) in [6.45, 7) is 7.53. The Bertz CT molecular complexity index is 1400. The van der Waals surface area contributed by atoms with Crippen molar-refractivity contribution >= 4 is 22.5 Å². The molecule has 0 saturated heterocycles. The van der Waals surface area contributed by atoms with E-state index in [0.717, 1.165) is 24.0 Å². The van der Waals surface area contributed by atoms with Gasteiger partial charge < -0.3 is 9.64 Å². The number of aromatic amines is 1. The number of hydrogen-bond donors (Lipinski definition) is 1. The monoisotopic (exact) mass is 441 g/mol. The van der Waals surface area contributed by atoms with Crippen molar-refractivity contribution in [3.63, 3.8) is 0 Å². The summed E-state index contributed by atoms with van der Waals surface area (Å²) in [6.07, 6.45) is 5.00. The molecule has 1 saturated carbocycles. The summed E-state index contributed by atoms with van der Waals surface area (Å²) in [6, 6.07) is 11.9. The van der Waals surface area contributed by atoms with Crippen molar-refractivity contribution in [1.82, 2.24) is 20.1 Å². The maximum atomic E-state index is 14.0. The number of fused-ring (bicyclic) bond motifs is 1. The van der Waals surface area contributed by atoms with Crippen LogP contribution in [0, 0.1) is 12.4 Å². The number of hydrogen-bond acceptors (Lipinski definition) is 4. The molecule has 0 unspecified atom stereocenters. The number of carbonyl (C=O) groups excluding carboxylic acids is 1. The number of halogens is 1. The van der Waals surface area contributed by atoms with E-state index in [1.165, 1.54) is 18.5 Å². The summed E-state index contributed by atoms with van der Waals surface area (Å²) in [5.41, 5.74) is 3.59. The van der Waals surface area contributed by atoms with Crippen LogP contribution in [0.1, 0.15) is 28.8 Å². The third-order valence-electron chi connectivity index (χ3n) is 5.57. The molecule has 0 aliphatic heterocycles. The van der Waals surface area contributed by atoms with Crippen LogP contribution in [-0.2, 0) is 6.54 Å². The first kappa shape index (κ1) is 20.6. The topological polar surface area (TPSA) is 75.5 Å². The van der Waals surface area contributed by atoms with Gasteiger partial charge in [-0.2, -0.15) is 5.10 Å². The predicted molar refractivity (Wildman–Crippen MR) is 121 cm³/mol. The van der Waals surface area contributed by atoms with Gasteiger partial charge in [0.05, 0.1) is 35.3 Å². The van der Waals surface area contributed by atoms with Crippen molar-refractivity contribution in [1.29, 1.82) is 0 Å². The standard InChI is InChI=1S/C25H20FN5O2/c1-27-18-5-3-4-15(10-18)24-22(33-19-7-8-19)11-17(12-28-24)25(32)31(2)14-16-6-9-21(26)20-13-29-30-23(16)20/h3-6,9-13,19H,7-8,14H2,2H3,(H,29,30). The first-order valence-electron chi connectivity index (χ1n) is 10.5. The fraction of sp³-hybridized carbons (Fsp3) is 0.200. The van der Waals surface area contributed by atoms with E-state index in [1.54, 1.807) is 42.3 Å². The van der Waals surface area contributed by atoms with Gasteiger partial charge in [-0.1, -0.05) is 24.3 Å². The Morgan fingerprint density at radius 2 is 2.12 bits per heavy atom. The molecule has 1 aliphatic rings. The minimum absolute atomic E-state index is 0.116. The van der Waals surface area contributed by atoms with Crippen molar-refractivity contribution in [2.24, 2.45) is 0 Å². The molecule has 33 heavy (non-hydrogen) atoms. The number of carbonyl (C=O) groups is 1. The van der Waals surface area contributed by atoms with Crippen LogP contribution < -0.4 is 4.74 Å². The molecule has 4 aromatic rings. The van der Waals surface area contributed by atoms with Crippen molar-refractivity contribution in [3.8, 4) is 17.0 Å². The van der Waals surface area contributed by atoms with Gasteiger partial charge in [-0.25, -0.2) is 9.24 Å². The van der Waals surface area contributed by atoms with Crippen LogP contribution in [0.3, 0.4) is 0 Å². The van der Waals surface area contributed by atoms with Gasteiger partial charge in [0.15, 0.2) is 5.69 Å². The van der Waals surface area contributed by atoms with E-state index >= 15 is 0 Å². The van der Waals surface area contributed by atoms with Crippen molar-refractivity contribution in [3.05, 3.63) is 83.2 Å². The van der Waals surface area contributed by atoms with E-state index < -0.39 is 0 Å². The third kappa shape index (κ3) is 4.13. The van der Waals surface area contributed by atoms with E-state index in [0.29, 0.717) is 33.6 Å². The maximum absolute atomic E-state index is 14.0. The summed E-state index contributed by atoms with van der Waals surface area (Å²) < 4.78 is 20.0. The number of ether oxygens (including phenoxy) is 1. The molecule has 0 bridgehead atoms. The lowest BCUT2D eigenvalue weighted by atomic mass is 10.1. The first-order valence-corrected chi connectivity index (χ1v) is 10.5. The number of rotatable bonds is 6. The van der Waals surface area contributed by atoms with E-state index in [4.69, 9.17) is 11.3 Å². The Kier molecular flexibility index (Phi) is 5.23. The Labute approximate surface area is 189 Å². The average Bonchev–Trinajstić information content (AvgIpc) is 3.50. The second-order valence-electron chi connectivity index (χ2n) is 8.08.